The third-order valence-electron chi connectivity index (χ3n) is 8.65. The first-order valence-corrected chi connectivity index (χ1v) is 14.9. The van der Waals surface area contributed by atoms with Crippen LogP contribution in [0.5, 0.6) is 0 Å². The van der Waals surface area contributed by atoms with E-state index >= 15 is 0 Å². The van der Waals surface area contributed by atoms with Crippen LogP contribution >= 0.6 is 0 Å². The molecule has 4 aliphatic heterocycles. The van der Waals surface area contributed by atoms with Crippen molar-refractivity contribution in [2.45, 2.75) is 123 Å². The normalized spacial score (nSPS) is 51.2. The summed E-state index contributed by atoms with van der Waals surface area (Å²) in [4.78, 5) is 0. The van der Waals surface area contributed by atoms with Crippen molar-refractivity contribution in [1.29, 1.82) is 0 Å². The number of hydrogen-bond donors (Lipinski definition) is 12. The molecule has 8 unspecified atom stereocenters. The summed E-state index contributed by atoms with van der Waals surface area (Å²) < 4.78 is 48.9. The summed E-state index contributed by atoms with van der Waals surface area (Å²) in [6.45, 7) is -2.86. The zero-order valence-corrected chi connectivity index (χ0v) is 25.4. The molecule has 0 aromatic rings. The van der Waals surface area contributed by atoms with Crippen LogP contribution in [0.3, 0.4) is 0 Å². The molecule has 4 heterocycles. The van der Waals surface area contributed by atoms with E-state index in [1.165, 1.54) is 7.11 Å². The van der Waals surface area contributed by atoms with E-state index in [-0.39, 0.29) is 0 Å². The fraction of sp³-hybridized carbons (Fsp3) is 1.00. The van der Waals surface area contributed by atoms with Gasteiger partial charge in [-0.25, -0.2) is 0 Å². The van der Waals surface area contributed by atoms with Gasteiger partial charge in [0.25, 0.3) is 0 Å². The van der Waals surface area contributed by atoms with Gasteiger partial charge in [0.05, 0.1) is 26.4 Å². The van der Waals surface area contributed by atoms with Gasteiger partial charge in [-0.05, 0) is 0 Å². The summed E-state index contributed by atoms with van der Waals surface area (Å²) in [5.41, 5.74) is 0. The number of rotatable bonds is 12. The standard InChI is InChI=1S/C26H46O21/c1-39-20-12(31)8(4-28)43-25(17(20)36)46-21-13(32)9(5-29)44-26(19(21)38)47-22-14(33)10(45-23(40-2)18(22)37)6-41-24-16(35)15(34)11(30)7(3-27)42-24/h7-38H,3-6H2,1-2H3/t7?,8?,9-,10?,11+,12-,13+,14+,15-,16?,17?,18?,19?,20-,21?,22-,23+,24+,25-,26-/m0/s1. The van der Waals surface area contributed by atoms with Crippen LogP contribution in [0.4, 0.5) is 0 Å². The molecule has 4 saturated heterocycles. The molecule has 0 aromatic carbocycles. The van der Waals surface area contributed by atoms with Gasteiger partial charge in [-0.3, -0.25) is 0 Å². The Kier molecular flexibility index (Phi) is 14.0. The Morgan fingerprint density at radius 1 is 0.404 bits per heavy atom. The van der Waals surface area contributed by atoms with Gasteiger partial charge in [0.1, 0.15) is 97.7 Å². The predicted octanol–water partition coefficient (Wildman–Crippen LogP) is -8.44. The molecule has 4 aliphatic rings. The van der Waals surface area contributed by atoms with Crippen LogP contribution in [-0.2, 0) is 42.6 Å². The second kappa shape index (κ2) is 16.9. The molecule has 20 atom stereocenters. The van der Waals surface area contributed by atoms with Gasteiger partial charge in [-0.2, -0.15) is 0 Å². The minimum atomic E-state index is -1.95. The lowest BCUT2D eigenvalue weighted by Gasteiger charge is -2.48. The Hall–Kier alpha value is -0.840. The highest BCUT2D eigenvalue weighted by molar-refractivity contribution is 4.97. The smallest absolute Gasteiger partial charge is 0.187 e. The van der Waals surface area contributed by atoms with Crippen LogP contribution in [0.25, 0.3) is 0 Å². The van der Waals surface area contributed by atoms with Gasteiger partial charge >= 0.3 is 0 Å². The molecule has 0 bridgehead atoms. The quantitative estimate of drug-likeness (QED) is 0.0902. The molecule has 0 aliphatic carbocycles. The van der Waals surface area contributed by atoms with E-state index < -0.39 is 149 Å². The number of aliphatic hydroxyl groups is 12. The van der Waals surface area contributed by atoms with Gasteiger partial charge in [0, 0.05) is 14.2 Å². The van der Waals surface area contributed by atoms with E-state index in [1.54, 1.807) is 0 Å². The highest BCUT2D eigenvalue weighted by Crippen LogP contribution is 2.33. The Labute approximate surface area is 267 Å². The fourth-order valence-electron chi connectivity index (χ4n) is 5.87. The van der Waals surface area contributed by atoms with E-state index in [2.05, 4.69) is 0 Å². The Bertz CT molecular complexity index is 948. The molecule has 21 heteroatoms. The maximum Gasteiger partial charge on any atom is 0.187 e. The predicted molar refractivity (Wildman–Crippen MR) is 143 cm³/mol. The molecular formula is C26H46O21. The summed E-state index contributed by atoms with van der Waals surface area (Å²) >= 11 is 0. The second-order valence-corrected chi connectivity index (χ2v) is 11.6. The first-order chi connectivity index (χ1) is 22.3. The van der Waals surface area contributed by atoms with Crippen LogP contribution in [0.2, 0.25) is 0 Å². The molecule has 276 valence electrons. The SMILES string of the molecule is CO[C@@H]1OC(CO[C@@H]2OC(CO)[C@@H](O)[C@H](O)C2O)[C@@H](O)[C@H](O[C@@H]2O[C@@H](CO)[C@@H](O)C(O[C@@H]3OC(CO)[C@H](O)[C@H](OC)C3O)C2O)C1O. The summed E-state index contributed by atoms with van der Waals surface area (Å²) in [6.07, 6.45) is -32.3. The van der Waals surface area contributed by atoms with Crippen LogP contribution < -0.4 is 0 Å². The highest BCUT2D eigenvalue weighted by atomic mass is 16.8. The second-order valence-electron chi connectivity index (χ2n) is 11.6. The largest absolute Gasteiger partial charge is 0.394 e. The molecule has 0 spiro atoms. The molecular weight excluding hydrogens is 648 g/mol. The Morgan fingerprint density at radius 3 is 1.30 bits per heavy atom. The van der Waals surface area contributed by atoms with Crippen molar-refractivity contribution >= 4 is 0 Å². The van der Waals surface area contributed by atoms with Crippen LogP contribution in [0.1, 0.15) is 0 Å². The van der Waals surface area contributed by atoms with E-state index in [9.17, 15) is 61.3 Å². The molecule has 4 fully saturated rings. The van der Waals surface area contributed by atoms with Gasteiger partial charge < -0.3 is 104 Å². The van der Waals surface area contributed by atoms with Crippen LogP contribution in [0, 0.1) is 0 Å². The van der Waals surface area contributed by atoms with E-state index in [0.717, 1.165) is 7.11 Å². The molecule has 0 saturated carbocycles. The summed E-state index contributed by atoms with van der Waals surface area (Å²) in [7, 11) is 2.34. The number of aliphatic hydroxyl groups excluding tert-OH is 12. The lowest BCUT2D eigenvalue weighted by Crippen LogP contribution is -2.67. The highest BCUT2D eigenvalue weighted by Gasteiger charge is 2.54. The summed E-state index contributed by atoms with van der Waals surface area (Å²) in [5.74, 6) is 0. The van der Waals surface area contributed by atoms with Crippen molar-refractivity contribution in [1.82, 2.24) is 0 Å². The minimum Gasteiger partial charge on any atom is -0.394 e. The average molecular weight is 695 g/mol. The number of hydrogen-bond acceptors (Lipinski definition) is 21. The van der Waals surface area contributed by atoms with Crippen molar-refractivity contribution in [3.8, 4) is 0 Å². The first kappa shape index (κ1) is 39.0. The number of methoxy groups -OCH3 is 2. The third kappa shape index (κ3) is 8.06. The maximum atomic E-state index is 11.2. The molecule has 4 rings (SSSR count). The summed E-state index contributed by atoms with van der Waals surface area (Å²) in [5, 5.41) is 124. The zero-order valence-electron chi connectivity index (χ0n) is 25.4. The molecule has 0 radical (unpaired) electrons. The molecule has 0 amide bonds. The van der Waals surface area contributed by atoms with Crippen molar-refractivity contribution in [3.05, 3.63) is 0 Å². The molecule has 21 nitrogen and oxygen atoms in total. The summed E-state index contributed by atoms with van der Waals surface area (Å²) in [6, 6.07) is 0. The maximum absolute atomic E-state index is 11.2. The van der Waals surface area contributed by atoms with Crippen molar-refractivity contribution in [3.63, 3.8) is 0 Å². The van der Waals surface area contributed by atoms with Crippen LogP contribution in [-0.4, -0.2) is 225 Å². The molecule has 12 N–H and O–H groups in total. The van der Waals surface area contributed by atoms with E-state index in [0.29, 0.717) is 0 Å². The van der Waals surface area contributed by atoms with Crippen molar-refractivity contribution in [2.75, 3.05) is 40.6 Å². The Morgan fingerprint density at radius 2 is 0.809 bits per heavy atom. The topological polar surface area (TPSA) is 326 Å². The number of ether oxygens (including phenoxy) is 9. The third-order valence-corrected chi connectivity index (χ3v) is 8.65. The Balaban J connectivity index is 1.48. The minimum absolute atomic E-state index is 0.594. The average Bonchev–Trinajstić information content (AvgIpc) is 3.06. The van der Waals surface area contributed by atoms with Crippen molar-refractivity contribution in [2.24, 2.45) is 0 Å². The van der Waals surface area contributed by atoms with Crippen LogP contribution in [0.15, 0.2) is 0 Å². The monoisotopic (exact) mass is 694 g/mol. The van der Waals surface area contributed by atoms with Gasteiger partial charge in [0.15, 0.2) is 25.2 Å². The lowest BCUT2D eigenvalue weighted by atomic mass is 9.96. The fourth-order valence-corrected chi connectivity index (χ4v) is 5.87. The first-order valence-electron chi connectivity index (χ1n) is 14.9. The lowest BCUT2D eigenvalue weighted by molar-refractivity contribution is -0.382. The molecule has 47 heavy (non-hydrogen) atoms. The van der Waals surface area contributed by atoms with E-state index in [1.807, 2.05) is 0 Å². The van der Waals surface area contributed by atoms with Gasteiger partial charge in [-0.15, -0.1) is 0 Å². The zero-order chi connectivity index (χ0) is 34.7. The van der Waals surface area contributed by atoms with E-state index in [4.69, 9.17) is 42.6 Å². The molecule has 0 aromatic heterocycles. The van der Waals surface area contributed by atoms with Crippen molar-refractivity contribution < 1.29 is 104 Å². The van der Waals surface area contributed by atoms with Gasteiger partial charge in [0.2, 0.25) is 0 Å². The van der Waals surface area contributed by atoms with Gasteiger partial charge in [-0.1, -0.05) is 0 Å².